The molecule has 5 heteroatoms. The number of anilines is 1. The van der Waals surface area contributed by atoms with Crippen LogP contribution >= 0.6 is 0 Å². The van der Waals surface area contributed by atoms with Crippen molar-refractivity contribution in [3.8, 4) is 0 Å². The van der Waals surface area contributed by atoms with Crippen molar-refractivity contribution in [2.24, 2.45) is 5.92 Å². The summed E-state index contributed by atoms with van der Waals surface area (Å²) in [5, 5.41) is 10.9. The molecule has 1 aliphatic heterocycles. The number of amides is 1. The number of carbonyl (C=O) groups is 1. The minimum Gasteiger partial charge on any atom is -0.312 e. The van der Waals surface area contributed by atoms with E-state index in [0.717, 1.165) is 30.5 Å². The molecule has 1 amide bonds. The third kappa shape index (κ3) is 2.91. The van der Waals surface area contributed by atoms with Gasteiger partial charge in [-0.3, -0.25) is 14.9 Å². The topological polar surface area (TPSA) is 63.5 Å². The maximum Gasteiger partial charge on any atom is 0.271 e. The molecule has 21 heavy (non-hydrogen) atoms. The summed E-state index contributed by atoms with van der Waals surface area (Å²) in [6.45, 7) is 0.655. The van der Waals surface area contributed by atoms with Crippen molar-refractivity contribution in [2.45, 2.75) is 44.9 Å². The van der Waals surface area contributed by atoms with Crippen LogP contribution < -0.4 is 4.90 Å². The Morgan fingerprint density at radius 1 is 1.29 bits per heavy atom. The number of nitro benzene ring substituents is 1. The Morgan fingerprint density at radius 2 is 2.05 bits per heavy atom. The Bertz CT molecular complexity index is 565. The molecule has 112 valence electrons. The van der Waals surface area contributed by atoms with Crippen LogP contribution in [0.5, 0.6) is 0 Å². The minimum atomic E-state index is -0.400. The van der Waals surface area contributed by atoms with Crippen molar-refractivity contribution in [3.05, 3.63) is 33.9 Å². The average Bonchev–Trinajstić information content (AvgIpc) is 2.91. The standard InChI is InChI=1S/C16H20N2O3/c19-16(10-12-4-2-1-3-5-12)17-9-8-13-6-7-14(18(20)21)11-15(13)17/h6-7,11-12H,1-5,8-10H2. The van der Waals surface area contributed by atoms with Crippen LogP contribution in [0, 0.1) is 16.0 Å². The van der Waals surface area contributed by atoms with E-state index in [1.807, 2.05) is 0 Å². The Kier molecular flexibility index (Phi) is 3.90. The van der Waals surface area contributed by atoms with E-state index in [0.29, 0.717) is 18.9 Å². The lowest BCUT2D eigenvalue weighted by atomic mass is 9.86. The van der Waals surface area contributed by atoms with Gasteiger partial charge >= 0.3 is 0 Å². The second-order valence-corrected chi connectivity index (χ2v) is 6.07. The molecule has 0 spiro atoms. The molecule has 1 heterocycles. The van der Waals surface area contributed by atoms with Gasteiger partial charge in [0.25, 0.3) is 5.69 Å². The molecule has 5 nitrogen and oxygen atoms in total. The second kappa shape index (κ2) is 5.84. The van der Waals surface area contributed by atoms with Crippen LogP contribution in [-0.4, -0.2) is 17.4 Å². The van der Waals surface area contributed by atoms with Gasteiger partial charge in [0.1, 0.15) is 0 Å². The summed E-state index contributed by atoms with van der Waals surface area (Å²) in [5.74, 6) is 0.621. The number of non-ortho nitro benzene ring substituents is 1. The van der Waals surface area contributed by atoms with Gasteiger partial charge in [0.15, 0.2) is 0 Å². The van der Waals surface area contributed by atoms with E-state index >= 15 is 0 Å². The summed E-state index contributed by atoms with van der Waals surface area (Å²) in [7, 11) is 0. The summed E-state index contributed by atoms with van der Waals surface area (Å²) < 4.78 is 0. The predicted octanol–water partition coefficient (Wildman–Crippen LogP) is 3.45. The normalized spacial score (nSPS) is 18.6. The highest BCUT2D eigenvalue weighted by atomic mass is 16.6. The maximum atomic E-state index is 12.5. The first-order valence-corrected chi connectivity index (χ1v) is 7.73. The van der Waals surface area contributed by atoms with E-state index in [4.69, 9.17) is 0 Å². The molecule has 0 unspecified atom stereocenters. The zero-order valence-electron chi connectivity index (χ0n) is 12.1. The number of carbonyl (C=O) groups excluding carboxylic acids is 1. The number of hydrogen-bond acceptors (Lipinski definition) is 3. The molecule has 1 saturated carbocycles. The van der Waals surface area contributed by atoms with Crippen LogP contribution in [0.15, 0.2) is 18.2 Å². The molecule has 2 aliphatic rings. The summed E-state index contributed by atoms with van der Waals surface area (Å²) in [5.41, 5.74) is 1.84. The van der Waals surface area contributed by atoms with Crippen LogP contribution in [0.4, 0.5) is 11.4 Å². The third-order valence-electron chi connectivity index (χ3n) is 4.66. The van der Waals surface area contributed by atoms with Gasteiger partial charge < -0.3 is 4.90 Å². The summed E-state index contributed by atoms with van der Waals surface area (Å²) in [6.07, 6.45) is 7.39. The number of benzene rings is 1. The van der Waals surface area contributed by atoms with Gasteiger partial charge in [-0.1, -0.05) is 25.3 Å². The fraction of sp³-hybridized carbons (Fsp3) is 0.562. The molecule has 3 rings (SSSR count). The van der Waals surface area contributed by atoms with Gasteiger partial charge in [0.05, 0.1) is 10.6 Å². The molecule has 0 bridgehead atoms. The molecule has 0 saturated heterocycles. The fourth-order valence-corrected chi connectivity index (χ4v) is 3.49. The van der Waals surface area contributed by atoms with E-state index in [2.05, 4.69) is 0 Å². The Morgan fingerprint density at radius 3 is 2.76 bits per heavy atom. The van der Waals surface area contributed by atoms with Crippen molar-refractivity contribution >= 4 is 17.3 Å². The van der Waals surface area contributed by atoms with Crippen LogP contribution in [0.1, 0.15) is 44.1 Å². The molecule has 0 N–H and O–H groups in total. The van der Waals surface area contributed by atoms with Crippen molar-refractivity contribution in [3.63, 3.8) is 0 Å². The monoisotopic (exact) mass is 288 g/mol. The number of nitrogens with zero attached hydrogens (tertiary/aromatic N) is 2. The van der Waals surface area contributed by atoms with E-state index in [1.54, 1.807) is 17.0 Å². The van der Waals surface area contributed by atoms with E-state index in [1.165, 1.54) is 25.3 Å². The quantitative estimate of drug-likeness (QED) is 0.632. The van der Waals surface area contributed by atoms with Gasteiger partial charge in [0.2, 0.25) is 5.91 Å². The van der Waals surface area contributed by atoms with Crippen LogP contribution in [-0.2, 0) is 11.2 Å². The Hall–Kier alpha value is -1.91. The Labute approximate surface area is 124 Å². The lowest BCUT2D eigenvalue weighted by molar-refractivity contribution is -0.384. The molecule has 1 aliphatic carbocycles. The molecule has 0 atom stereocenters. The average molecular weight is 288 g/mol. The minimum absolute atomic E-state index is 0.0612. The first kappa shape index (κ1) is 14.0. The molecular weight excluding hydrogens is 268 g/mol. The highest BCUT2D eigenvalue weighted by molar-refractivity contribution is 5.96. The maximum absolute atomic E-state index is 12.5. The lowest BCUT2D eigenvalue weighted by Crippen LogP contribution is -2.31. The van der Waals surface area contributed by atoms with Crippen molar-refractivity contribution in [1.29, 1.82) is 0 Å². The number of fused-ring (bicyclic) bond motifs is 1. The van der Waals surface area contributed by atoms with Crippen molar-refractivity contribution in [1.82, 2.24) is 0 Å². The van der Waals surface area contributed by atoms with E-state index in [-0.39, 0.29) is 11.6 Å². The summed E-state index contributed by atoms with van der Waals surface area (Å²) in [4.78, 5) is 24.8. The molecular formula is C16H20N2O3. The molecule has 1 aromatic rings. The summed E-state index contributed by atoms with van der Waals surface area (Å²) in [6, 6.07) is 4.84. The van der Waals surface area contributed by atoms with E-state index in [9.17, 15) is 14.9 Å². The zero-order valence-corrected chi connectivity index (χ0v) is 12.1. The van der Waals surface area contributed by atoms with Gasteiger partial charge in [-0.15, -0.1) is 0 Å². The van der Waals surface area contributed by atoms with E-state index < -0.39 is 4.92 Å². The zero-order chi connectivity index (χ0) is 14.8. The smallest absolute Gasteiger partial charge is 0.271 e. The Balaban J connectivity index is 1.74. The molecule has 0 aromatic heterocycles. The second-order valence-electron chi connectivity index (χ2n) is 6.07. The predicted molar refractivity (Wildman–Crippen MR) is 80.3 cm³/mol. The molecule has 0 radical (unpaired) electrons. The number of hydrogen-bond donors (Lipinski definition) is 0. The van der Waals surface area contributed by atoms with Crippen LogP contribution in [0.25, 0.3) is 0 Å². The highest BCUT2D eigenvalue weighted by Crippen LogP contribution is 2.34. The largest absolute Gasteiger partial charge is 0.312 e. The first-order valence-electron chi connectivity index (χ1n) is 7.73. The van der Waals surface area contributed by atoms with Crippen molar-refractivity contribution in [2.75, 3.05) is 11.4 Å². The van der Waals surface area contributed by atoms with Gasteiger partial charge in [-0.2, -0.15) is 0 Å². The van der Waals surface area contributed by atoms with Gasteiger partial charge in [0, 0.05) is 25.1 Å². The molecule has 1 fully saturated rings. The van der Waals surface area contributed by atoms with Gasteiger partial charge in [-0.25, -0.2) is 0 Å². The van der Waals surface area contributed by atoms with Crippen LogP contribution in [0.2, 0.25) is 0 Å². The first-order chi connectivity index (χ1) is 10.1. The van der Waals surface area contributed by atoms with Crippen LogP contribution in [0.3, 0.4) is 0 Å². The summed E-state index contributed by atoms with van der Waals surface area (Å²) >= 11 is 0. The van der Waals surface area contributed by atoms with Gasteiger partial charge in [-0.05, 0) is 30.7 Å². The highest BCUT2D eigenvalue weighted by Gasteiger charge is 2.28. The number of rotatable bonds is 3. The fourth-order valence-electron chi connectivity index (χ4n) is 3.49. The number of nitro groups is 1. The SMILES string of the molecule is O=C(CC1CCCCC1)N1CCc2ccc([N+](=O)[O-])cc21. The third-order valence-corrected chi connectivity index (χ3v) is 4.66. The molecule has 1 aromatic carbocycles. The van der Waals surface area contributed by atoms with Crippen molar-refractivity contribution < 1.29 is 9.72 Å². The lowest BCUT2D eigenvalue weighted by Gasteiger charge is -2.24.